The summed E-state index contributed by atoms with van der Waals surface area (Å²) in [5.41, 5.74) is 0.961. The van der Waals surface area contributed by atoms with Gasteiger partial charge >= 0.3 is 0 Å². The molecular weight excluding hydrogens is 370 g/mol. The predicted octanol–water partition coefficient (Wildman–Crippen LogP) is 3.08. The van der Waals surface area contributed by atoms with Crippen LogP contribution in [0, 0.1) is 0 Å². The zero-order chi connectivity index (χ0) is 19.6. The molecule has 8 heteroatoms. The van der Waals surface area contributed by atoms with Crippen molar-refractivity contribution in [1.29, 1.82) is 0 Å². The Morgan fingerprint density at radius 3 is 2.74 bits per heavy atom. The highest BCUT2D eigenvalue weighted by Crippen LogP contribution is 2.34. The molecule has 2 aromatic rings. The highest BCUT2D eigenvalue weighted by atomic mass is 35.5. The van der Waals surface area contributed by atoms with Crippen molar-refractivity contribution >= 4 is 40.7 Å². The minimum Gasteiger partial charge on any atom is -0.479 e. The van der Waals surface area contributed by atoms with Crippen LogP contribution in [0.3, 0.4) is 0 Å². The number of Topliss-reactive ketones (excluding diaryl/α,β-unsaturated/α-hetero) is 1. The summed E-state index contributed by atoms with van der Waals surface area (Å²) < 4.78 is 5.54. The molecule has 1 aromatic carbocycles. The second-order valence-corrected chi connectivity index (χ2v) is 6.61. The highest BCUT2D eigenvalue weighted by Gasteiger charge is 2.29. The predicted molar refractivity (Wildman–Crippen MR) is 101 cm³/mol. The molecule has 0 spiro atoms. The van der Waals surface area contributed by atoms with Gasteiger partial charge in [0, 0.05) is 31.6 Å². The lowest BCUT2D eigenvalue weighted by Crippen LogP contribution is -2.42. The number of hydrogen-bond acceptors (Lipinski definition) is 5. The molecule has 140 valence electrons. The maximum absolute atomic E-state index is 12.4. The van der Waals surface area contributed by atoms with Crippen molar-refractivity contribution in [3.05, 3.63) is 47.1 Å². The lowest BCUT2D eigenvalue weighted by Gasteiger charge is -2.30. The number of nitrogens with zero attached hydrogens (tertiary/aromatic N) is 2. The molecule has 2 amide bonds. The van der Waals surface area contributed by atoms with E-state index < -0.39 is 6.10 Å². The summed E-state index contributed by atoms with van der Waals surface area (Å²) in [7, 11) is 1.64. The highest BCUT2D eigenvalue weighted by molar-refractivity contribution is 6.30. The number of halogens is 1. The van der Waals surface area contributed by atoms with Gasteiger partial charge in [-0.2, -0.15) is 0 Å². The van der Waals surface area contributed by atoms with E-state index in [0.29, 0.717) is 27.8 Å². The van der Waals surface area contributed by atoms with Gasteiger partial charge in [-0.25, -0.2) is 4.98 Å². The molecule has 1 N–H and O–H groups in total. The molecule has 0 radical (unpaired) electrons. The van der Waals surface area contributed by atoms with Gasteiger partial charge < -0.3 is 15.0 Å². The van der Waals surface area contributed by atoms with Gasteiger partial charge in [0.05, 0.1) is 10.7 Å². The lowest BCUT2D eigenvalue weighted by molar-refractivity contribution is -0.125. The number of fused-ring (bicyclic) bond motifs is 1. The van der Waals surface area contributed by atoms with Gasteiger partial charge in [-0.1, -0.05) is 11.6 Å². The Morgan fingerprint density at radius 1 is 1.26 bits per heavy atom. The maximum atomic E-state index is 12.4. The standard InChI is InChI=1S/C19H18ClN3O4/c1-11-19(26)23(2)14-9-12(3-6-16(14)27-11)15(24)5-8-18(25)22-17-7-4-13(20)10-21-17/h3-4,6-7,9-11H,5,8H2,1-2H3,(H,21,22,25). The monoisotopic (exact) mass is 387 g/mol. The number of nitrogens with one attached hydrogen (secondary N) is 1. The topological polar surface area (TPSA) is 88.6 Å². The Morgan fingerprint density at radius 2 is 2.04 bits per heavy atom. The number of aromatic nitrogens is 1. The molecular formula is C19H18ClN3O4. The molecule has 1 atom stereocenters. The quantitative estimate of drug-likeness (QED) is 0.796. The van der Waals surface area contributed by atoms with Crippen LogP contribution < -0.4 is 15.0 Å². The minimum atomic E-state index is -0.561. The number of pyridine rings is 1. The van der Waals surface area contributed by atoms with Gasteiger partial charge in [-0.05, 0) is 37.3 Å². The number of anilines is 2. The molecule has 1 aromatic heterocycles. The number of likely N-dealkylation sites (N-methyl/N-ethyl adjacent to an activating group) is 1. The molecule has 3 rings (SSSR count). The zero-order valence-electron chi connectivity index (χ0n) is 14.9. The number of ketones is 1. The number of carbonyl (C=O) groups is 3. The van der Waals surface area contributed by atoms with E-state index in [9.17, 15) is 14.4 Å². The minimum absolute atomic E-state index is 0.0164. The Labute approximate surface area is 161 Å². The fraction of sp³-hybridized carbons (Fsp3) is 0.263. The first kappa shape index (κ1) is 18.8. The first-order valence-corrected chi connectivity index (χ1v) is 8.76. The van der Waals surface area contributed by atoms with Crippen LogP contribution in [0.2, 0.25) is 5.02 Å². The third kappa shape index (κ3) is 4.25. The van der Waals surface area contributed by atoms with E-state index in [1.165, 1.54) is 11.1 Å². The summed E-state index contributed by atoms with van der Waals surface area (Å²) in [6.07, 6.45) is 0.917. The summed E-state index contributed by atoms with van der Waals surface area (Å²) >= 11 is 5.74. The number of hydrogen-bond donors (Lipinski definition) is 1. The molecule has 27 heavy (non-hydrogen) atoms. The normalized spacial score (nSPS) is 15.7. The Kier molecular flexibility index (Phi) is 5.41. The number of ether oxygens (including phenoxy) is 1. The fourth-order valence-electron chi connectivity index (χ4n) is 2.71. The molecule has 2 heterocycles. The van der Waals surface area contributed by atoms with Gasteiger partial charge in [0.25, 0.3) is 5.91 Å². The average molecular weight is 388 g/mol. The summed E-state index contributed by atoms with van der Waals surface area (Å²) in [6, 6.07) is 8.11. The maximum Gasteiger partial charge on any atom is 0.267 e. The van der Waals surface area contributed by atoms with E-state index in [1.54, 1.807) is 44.3 Å². The van der Waals surface area contributed by atoms with Crippen molar-refractivity contribution in [2.24, 2.45) is 0 Å². The van der Waals surface area contributed by atoms with Gasteiger partial charge in [-0.3, -0.25) is 14.4 Å². The first-order valence-electron chi connectivity index (χ1n) is 8.38. The zero-order valence-corrected chi connectivity index (χ0v) is 15.6. The van der Waals surface area contributed by atoms with Crippen LogP contribution in [-0.2, 0) is 9.59 Å². The molecule has 0 bridgehead atoms. The van der Waals surface area contributed by atoms with Gasteiger partial charge in [0.15, 0.2) is 11.9 Å². The Hall–Kier alpha value is -2.93. The largest absolute Gasteiger partial charge is 0.479 e. The Balaban J connectivity index is 1.62. The van der Waals surface area contributed by atoms with E-state index in [1.807, 2.05) is 0 Å². The summed E-state index contributed by atoms with van der Waals surface area (Å²) in [6.45, 7) is 1.68. The van der Waals surface area contributed by atoms with Crippen molar-refractivity contribution in [3.63, 3.8) is 0 Å². The summed E-state index contributed by atoms with van der Waals surface area (Å²) in [5, 5.41) is 3.08. The summed E-state index contributed by atoms with van der Waals surface area (Å²) in [5.74, 6) is 0.226. The third-order valence-electron chi connectivity index (χ3n) is 4.20. The molecule has 7 nitrogen and oxygen atoms in total. The first-order chi connectivity index (χ1) is 12.8. The smallest absolute Gasteiger partial charge is 0.267 e. The fourth-order valence-corrected chi connectivity index (χ4v) is 2.82. The van der Waals surface area contributed by atoms with Crippen molar-refractivity contribution in [2.45, 2.75) is 25.9 Å². The third-order valence-corrected chi connectivity index (χ3v) is 4.42. The molecule has 1 aliphatic rings. The number of benzene rings is 1. The van der Waals surface area contributed by atoms with Gasteiger partial charge in [-0.15, -0.1) is 0 Å². The van der Waals surface area contributed by atoms with Gasteiger partial charge in [0.1, 0.15) is 11.6 Å². The number of rotatable bonds is 5. The van der Waals surface area contributed by atoms with E-state index in [4.69, 9.17) is 16.3 Å². The molecule has 1 unspecified atom stereocenters. The van der Waals surface area contributed by atoms with Crippen molar-refractivity contribution < 1.29 is 19.1 Å². The van der Waals surface area contributed by atoms with Crippen molar-refractivity contribution in [2.75, 3.05) is 17.3 Å². The lowest BCUT2D eigenvalue weighted by atomic mass is 10.0. The Bertz CT molecular complexity index is 898. The molecule has 1 aliphatic heterocycles. The van der Waals surface area contributed by atoms with Crippen LogP contribution in [0.1, 0.15) is 30.1 Å². The second-order valence-electron chi connectivity index (χ2n) is 6.17. The van der Waals surface area contributed by atoms with Crippen LogP contribution in [-0.4, -0.2) is 35.7 Å². The number of carbonyl (C=O) groups excluding carboxylic acids is 3. The van der Waals surface area contributed by atoms with E-state index in [2.05, 4.69) is 10.3 Å². The van der Waals surface area contributed by atoms with Crippen LogP contribution in [0.5, 0.6) is 5.75 Å². The molecule has 0 fully saturated rings. The molecule has 0 saturated heterocycles. The second kappa shape index (κ2) is 7.75. The van der Waals surface area contributed by atoms with Crippen LogP contribution in [0.4, 0.5) is 11.5 Å². The van der Waals surface area contributed by atoms with Crippen LogP contribution >= 0.6 is 11.6 Å². The van der Waals surface area contributed by atoms with Gasteiger partial charge in [0.2, 0.25) is 5.91 Å². The van der Waals surface area contributed by atoms with Crippen LogP contribution in [0.15, 0.2) is 36.5 Å². The van der Waals surface area contributed by atoms with E-state index in [-0.39, 0.29) is 30.4 Å². The molecule has 0 aliphatic carbocycles. The van der Waals surface area contributed by atoms with E-state index >= 15 is 0 Å². The van der Waals surface area contributed by atoms with Crippen molar-refractivity contribution in [1.82, 2.24) is 4.98 Å². The van der Waals surface area contributed by atoms with Crippen molar-refractivity contribution in [3.8, 4) is 5.75 Å². The average Bonchev–Trinajstić information content (AvgIpc) is 2.66. The summed E-state index contributed by atoms with van der Waals surface area (Å²) in [4.78, 5) is 41.9. The van der Waals surface area contributed by atoms with E-state index in [0.717, 1.165) is 0 Å². The molecule has 0 saturated carbocycles. The SMILES string of the molecule is CC1Oc2ccc(C(=O)CCC(=O)Nc3ccc(Cl)cn3)cc2N(C)C1=O. The number of amides is 2. The van der Waals surface area contributed by atoms with Crippen LogP contribution in [0.25, 0.3) is 0 Å².